The third kappa shape index (κ3) is 3.50. The van der Waals surface area contributed by atoms with Crippen molar-refractivity contribution in [2.75, 3.05) is 12.0 Å². The molecule has 202 valence electrons. The van der Waals surface area contributed by atoms with Gasteiger partial charge in [0.25, 0.3) is 0 Å². The van der Waals surface area contributed by atoms with Gasteiger partial charge in [0.05, 0.1) is 13.2 Å². The van der Waals surface area contributed by atoms with Crippen molar-refractivity contribution in [2.45, 2.75) is 18.0 Å². The highest BCUT2D eigenvalue weighted by molar-refractivity contribution is 6.32. The molecule has 1 spiro atoms. The van der Waals surface area contributed by atoms with Crippen molar-refractivity contribution in [1.82, 2.24) is 0 Å². The van der Waals surface area contributed by atoms with Gasteiger partial charge < -0.3 is 9.64 Å². The number of methoxy groups -OCH3 is 1. The monoisotopic (exact) mass is 563 g/mol. The Morgan fingerprint density at radius 1 is 0.902 bits per heavy atom. The molecule has 0 aromatic heterocycles. The number of Topliss-reactive ketones (excluding diaryl/α,β-unsaturated/α-hetero) is 3. The van der Waals surface area contributed by atoms with Gasteiger partial charge in [-0.3, -0.25) is 14.4 Å². The van der Waals surface area contributed by atoms with E-state index in [-0.39, 0.29) is 17.3 Å². The first-order valence-corrected chi connectivity index (χ1v) is 13.6. The highest BCUT2D eigenvalue weighted by Crippen LogP contribution is 2.61. The molecule has 3 atom stereocenters. The summed E-state index contributed by atoms with van der Waals surface area (Å²) in [5, 5.41) is 0.520. The van der Waals surface area contributed by atoms with E-state index in [9.17, 15) is 18.8 Å². The first kappa shape index (κ1) is 25.4. The second kappa shape index (κ2) is 9.25. The van der Waals surface area contributed by atoms with Gasteiger partial charge >= 0.3 is 0 Å². The highest BCUT2D eigenvalue weighted by atomic mass is 35.5. The fourth-order valence-electron chi connectivity index (χ4n) is 6.94. The summed E-state index contributed by atoms with van der Waals surface area (Å²) in [6.07, 6.45) is 3.68. The van der Waals surface area contributed by atoms with E-state index >= 15 is 0 Å². The summed E-state index contributed by atoms with van der Waals surface area (Å²) >= 11 is 6.34. The van der Waals surface area contributed by atoms with E-state index in [0.29, 0.717) is 38.7 Å². The van der Waals surface area contributed by atoms with Crippen LogP contribution < -0.4 is 9.64 Å². The first-order chi connectivity index (χ1) is 19.9. The number of rotatable bonds is 4. The van der Waals surface area contributed by atoms with Crippen LogP contribution in [-0.2, 0) is 0 Å². The Morgan fingerprint density at radius 2 is 1.61 bits per heavy atom. The predicted octanol–water partition coefficient (Wildman–Crippen LogP) is 6.80. The molecule has 1 fully saturated rings. The average molecular weight is 564 g/mol. The zero-order valence-electron chi connectivity index (χ0n) is 21.9. The third-order valence-corrected chi connectivity index (χ3v) is 8.85. The van der Waals surface area contributed by atoms with Crippen LogP contribution in [0.15, 0.2) is 97.1 Å². The van der Waals surface area contributed by atoms with Crippen molar-refractivity contribution in [1.29, 1.82) is 0 Å². The highest BCUT2D eigenvalue weighted by Gasteiger charge is 2.71. The molecule has 3 aliphatic rings. The van der Waals surface area contributed by atoms with Crippen LogP contribution in [0.3, 0.4) is 0 Å². The molecule has 41 heavy (non-hydrogen) atoms. The van der Waals surface area contributed by atoms with Crippen molar-refractivity contribution in [3.63, 3.8) is 0 Å². The maximum Gasteiger partial charge on any atom is 0.186 e. The minimum Gasteiger partial charge on any atom is -0.497 e. The summed E-state index contributed by atoms with van der Waals surface area (Å²) in [5.41, 5.74) is 1.35. The summed E-state index contributed by atoms with van der Waals surface area (Å²) in [7, 11) is 1.52. The van der Waals surface area contributed by atoms with Crippen LogP contribution in [-0.4, -0.2) is 36.5 Å². The number of nitrogens with zero attached hydrogens (tertiary/aromatic N) is 1. The number of ether oxygens (including phenoxy) is 1. The molecule has 5 nitrogen and oxygen atoms in total. The van der Waals surface area contributed by atoms with Gasteiger partial charge in [-0.1, -0.05) is 72.3 Å². The Morgan fingerprint density at radius 3 is 2.29 bits per heavy atom. The average Bonchev–Trinajstić information content (AvgIpc) is 3.43. The number of ketones is 3. The lowest BCUT2D eigenvalue weighted by Gasteiger charge is -2.37. The van der Waals surface area contributed by atoms with E-state index in [1.54, 1.807) is 72.8 Å². The van der Waals surface area contributed by atoms with Crippen molar-refractivity contribution < 1.29 is 23.5 Å². The van der Waals surface area contributed by atoms with E-state index in [1.807, 2.05) is 23.1 Å². The quantitative estimate of drug-likeness (QED) is 0.202. The number of halogens is 2. The smallest absolute Gasteiger partial charge is 0.186 e. The molecule has 4 aromatic rings. The molecular formula is C34H23ClFNO4. The second-order valence-electron chi connectivity index (χ2n) is 10.6. The molecule has 0 unspecified atom stereocenters. The molecular weight excluding hydrogens is 541 g/mol. The van der Waals surface area contributed by atoms with Crippen LogP contribution in [0.1, 0.15) is 48.1 Å². The third-order valence-electron chi connectivity index (χ3n) is 8.62. The molecule has 7 heteroatoms. The van der Waals surface area contributed by atoms with E-state index in [2.05, 4.69) is 0 Å². The molecule has 1 saturated heterocycles. The number of hydrogen-bond acceptors (Lipinski definition) is 5. The number of carbonyl (C=O) groups excluding carboxylic acids is 3. The van der Waals surface area contributed by atoms with Crippen molar-refractivity contribution in [2.24, 2.45) is 5.41 Å². The molecule has 7 rings (SSSR count). The summed E-state index contributed by atoms with van der Waals surface area (Å²) in [6.45, 7) is 0. The molecule has 1 aliphatic carbocycles. The maximum absolute atomic E-state index is 14.7. The number of carbonyl (C=O) groups is 3. The summed E-state index contributed by atoms with van der Waals surface area (Å²) in [4.78, 5) is 45.8. The normalized spacial score (nSPS) is 21.5. The van der Waals surface area contributed by atoms with E-state index in [4.69, 9.17) is 16.3 Å². The Hall–Kier alpha value is -4.55. The van der Waals surface area contributed by atoms with Crippen molar-refractivity contribution in [3.8, 4) is 5.75 Å². The lowest BCUT2D eigenvalue weighted by molar-refractivity contribution is 0.0666. The largest absolute Gasteiger partial charge is 0.497 e. The zero-order valence-corrected chi connectivity index (χ0v) is 22.6. The Labute approximate surface area is 240 Å². The van der Waals surface area contributed by atoms with Crippen LogP contribution in [0.2, 0.25) is 5.02 Å². The van der Waals surface area contributed by atoms with Gasteiger partial charge in [0, 0.05) is 33.3 Å². The number of anilines is 1. The first-order valence-electron chi connectivity index (χ1n) is 13.2. The Kier molecular flexibility index (Phi) is 5.73. The van der Waals surface area contributed by atoms with Crippen LogP contribution in [0, 0.1) is 11.2 Å². The van der Waals surface area contributed by atoms with Gasteiger partial charge in [-0.2, -0.15) is 0 Å². The molecule has 0 amide bonds. The number of hydrogen-bond donors (Lipinski definition) is 0. The molecule has 0 radical (unpaired) electrons. The molecule has 0 bridgehead atoms. The molecule has 2 aliphatic heterocycles. The van der Waals surface area contributed by atoms with Gasteiger partial charge in [-0.25, -0.2) is 4.39 Å². The minimum absolute atomic E-state index is 0.284. The van der Waals surface area contributed by atoms with E-state index < -0.39 is 29.2 Å². The van der Waals surface area contributed by atoms with Crippen LogP contribution >= 0.6 is 11.6 Å². The topological polar surface area (TPSA) is 63.7 Å². The van der Waals surface area contributed by atoms with Crippen LogP contribution in [0.25, 0.3) is 6.08 Å². The van der Waals surface area contributed by atoms with Crippen molar-refractivity contribution >= 4 is 40.7 Å². The van der Waals surface area contributed by atoms with E-state index in [1.165, 1.54) is 19.2 Å². The number of benzene rings is 4. The fourth-order valence-corrected chi connectivity index (χ4v) is 7.12. The van der Waals surface area contributed by atoms with Gasteiger partial charge in [-0.05, 0) is 53.6 Å². The van der Waals surface area contributed by atoms with Crippen LogP contribution in [0.5, 0.6) is 5.75 Å². The molecule has 2 heterocycles. The second-order valence-corrected chi connectivity index (χ2v) is 11.0. The van der Waals surface area contributed by atoms with Gasteiger partial charge in [0.15, 0.2) is 17.3 Å². The maximum atomic E-state index is 14.7. The van der Waals surface area contributed by atoms with Gasteiger partial charge in [0.2, 0.25) is 0 Å². The predicted molar refractivity (Wildman–Crippen MR) is 155 cm³/mol. The lowest BCUT2D eigenvalue weighted by Crippen LogP contribution is -2.48. The fraction of sp³-hybridized carbons (Fsp3) is 0.147. The van der Waals surface area contributed by atoms with Crippen molar-refractivity contribution in [3.05, 3.63) is 136 Å². The van der Waals surface area contributed by atoms with Gasteiger partial charge in [-0.15, -0.1) is 0 Å². The van der Waals surface area contributed by atoms with Gasteiger partial charge in [0.1, 0.15) is 23.0 Å². The Bertz CT molecular complexity index is 1760. The SMILES string of the molecule is COc1cccc(C(=O)[C@@H]2[C@@H](c3ccc(F)cc3)C3(C(=O)c4ccccc4C3=O)[C@H]3C=Cc4cc(Cl)ccc4N23)c1. The standard InChI is InChI=1S/C34H23ClFNO4/c1-41-24-6-4-5-21(18-24)31(38)30-29(19-9-13-23(36)14-10-19)34(32(39)25-7-2-3-8-26(25)33(34)40)28-16-11-20-17-22(35)12-15-27(20)37(28)30/h2-18,28-30H,1H3/t28-,29-,30+/m1/s1. The lowest BCUT2D eigenvalue weighted by atomic mass is 9.64. The van der Waals surface area contributed by atoms with Crippen LogP contribution in [0.4, 0.5) is 10.1 Å². The number of fused-ring (bicyclic) bond motifs is 5. The molecule has 0 N–H and O–H groups in total. The summed E-state index contributed by atoms with van der Waals surface area (Å²) in [6, 6.07) is 22.9. The minimum atomic E-state index is -1.66. The molecule has 4 aromatic carbocycles. The zero-order chi connectivity index (χ0) is 28.5. The van der Waals surface area contributed by atoms with E-state index in [0.717, 1.165) is 5.56 Å². The Balaban J connectivity index is 1.54. The summed E-state index contributed by atoms with van der Waals surface area (Å²) < 4.78 is 19.6. The molecule has 0 saturated carbocycles. The summed E-state index contributed by atoms with van der Waals surface area (Å²) in [5.74, 6) is -1.85.